The predicted octanol–water partition coefficient (Wildman–Crippen LogP) is 3.76. The van der Waals surface area contributed by atoms with Crippen molar-refractivity contribution in [1.29, 1.82) is 0 Å². The van der Waals surface area contributed by atoms with Crippen molar-refractivity contribution in [3.63, 3.8) is 0 Å². The molecular weight excluding hydrogens is 266 g/mol. The zero-order valence-electron chi connectivity index (χ0n) is 11.8. The van der Waals surface area contributed by atoms with Gasteiger partial charge in [-0.25, -0.2) is 4.98 Å². The number of likely N-dealkylation sites (N-methyl/N-ethyl adjacent to an activating group) is 1. The number of para-hydroxylation sites is 2. The number of thiophene rings is 1. The van der Waals surface area contributed by atoms with Crippen LogP contribution >= 0.6 is 11.3 Å². The van der Waals surface area contributed by atoms with E-state index in [-0.39, 0.29) is 0 Å². The number of fused-ring (bicyclic) bond motifs is 1. The first kappa shape index (κ1) is 13.3. The largest absolute Gasteiger partial charge is 0.329 e. The Kier molecular flexibility index (Phi) is 3.85. The second-order valence-electron chi connectivity index (χ2n) is 4.93. The summed E-state index contributed by atoms with van der Waals surface area (Å²) in [4.78, 5) is 5.86. The predicted molar refractivity (Wildman–Crippen MR) is 85.2 cm³/mol. The molecule has 104 valence electrons. The molecule has 1 atom stereocenters. The van der Waals surface area contributed by atoms with E-state index < -0.39 is 0 Å². The highest BCUT2D eigenvalue weighted by Crippen LogP contribution is 2.25. The highest BCUT2D eigenvalue weighted by atomic mass is 32.1. The molecule has 0 aliphatic heterocycles. The highest BCUT2D eigenvalue weighted by molar-refractivity contribution is 7.10. The number of nitrogens with zero attached hydrogens (tertiary/aromatic N) is 2. The summed E-state index contributed by atoms with van der Waals surface area (Å²) in [6.07, 6.45) is 1.94. The van der Waals surface area contributed by atoms with Gasteiger partial charge in [0.05, 0.1) is 23.4 Å². The Morgan fingerprint density at radius 1 is 1.30 bits per heavy atom. The molecule has 0 aliphatic carbocycles. The number of imidazole rings is 1. The van der Waals surface area contributed by atoms with Crippen molar-refractivity contribution in [3.05, 3.63) is 52.5 Å². The van der Waals surface area contributed by atoms with E-state index in [4.69, 9.17) is 0 Å². The number of nitrogens with one attached hydrogen (secondary N) is 1. The molecule has 1 aromatic carbocycles. The van der Waals surface area contributed by atoms with Crippen LogP contribution in [0.4, 0.5) is 0 Å². The molecule has 4 heteroatoms. The van der Waals surface area contributed by atoms with Crippen LogP contribution in [0, 0.1) is 6.92 Å². The van der Waals surface area contributed by atoms with Crippen LogP contribution in [0.5, 0.6) is 0 Å². The normalized spacial score (nSPS) is 12.9. The standard InChI is InChI=1S/C16H19N3S/c1-3-17-15(13-8-9-20-12(13)2)10-19-11-18-14-6-4-5-7-16(14)19/h4-9,11,15,17H,3,10H2,1-2H3. The number of hydrogen-bond acceptors (Lipinski definition) is 3. The SMILES string of the molecule is CCNC(Cn1cnc2ccccc21)c1ccsc1C. The molecule has 2 heterocycles. The van der Waals surface area contributed by atoms with E-state index in [2.05, 4.69) is 58.4 Å². The molecule has 1 unspecified atom stereocenters. The Balaban J connectivity index is 1.92. The van der Waals surface area contributed by atoms with Gasteiger partial charge in [0.2, 0.25) is 0 Å². The van der Waals surface area contributed by atoms with E-state index in [9.17, 15) is 0 Å². The maximum absolute atomic E-state index is 4.47. The lowest BCUT2D eigenvalue weighted by molar-refractivity contribution is 0.481. The molecule has 0 spiro atoms. The summed E-state index contributed by atoms with van der Waals surface area (Å²) in [5, 5.41) is 5.75. The van der Waals surface area contributed by atoms with Crippen LogP contribution < -0.4 is 5.32 Å². The van der Waals surface area contributed by atoms with E-state index in [1.165, 1.54) is 16.0 Å². The van der Waals surface area contributed by atoms with Crippen LogP contribution in [0.1, 0.15) is 23.4 Å². The van der Waals surface area contributed by atoms with Crippen LogP contribution in [0.2, 0.25) is 0 Å². The Bertz CT molecular complexity index is 698. The van der Waals surface area contributed by atoms with Gasteiger partial charge in [0, 0.05) is 11.4 Å². The lowest BCUT2D eigenvalue weighted by Crippen LogP contribution is -2.25. The summed E-state index contributed by atoms with van der Waals surface area (Å²) >= 11 is 1.81. The maximum Gasteiger partial charge on any atom is 0.0958 e. The Morgan fingerprint density at radius 3 is 2.90 bits per heavy atom. The van der Waals surface area contributed by atoms with Crippen LogP contribution in [-0.2, 0) is 6.54 Å². The van der Waals surface area contributed by atoms with Gasteiger partial charge in [0.25, 0.3) is 0 Å². The molecule has 0 radical (unpaired) electrons. The third-order valence-electron chi connectivity index (χ3n) is 3.63. The first-order valence-electron chi connectivity index (χ1n) is 6.97. The van der Waals surface area contributed by atoms with Crippen LogP contribution in [-0.4, -0.2) is 16.1 Å². The van der Waals surface area contributed by atoms with E-state index in [0.29, 0.717) is 6.04 Å². The molecule has 1 N–H and O–H groups in total. The van der Waals surface area contributed by atoms with Gasteiger partial charge in [-0.1, -0.05) is 19.1 Å². The summed E-state index contributed by atoms with van der Waals surface area (Å²) in [5.41, 5.74) is 3.66. The van der Waals surface area contributed by atoms with Gasteiger partial charge in [-0.15, -0.1) is 11.3 Å². The van der Waals surface area contributed by atoms with Gasteiger partial charge in [-0.3, -0.25) is 0 Å². The second kappa shape index (κ2) is 5.77. The van der Waals surface area contributed by atoms with Crippen molar-refractivity contribution in [2.75, 3.05) is 6.54 Å². The number of benzene rings is 1. The van der Waals surface area contributed by atoms with E-state index >= 15 is 0 Å². The summed E-state index contributed by atoms with van der Waals surface area (Å²) in [6.45, 7) is 6.22. The molecule has 3 aromatic rings. The Labute approximate surface area is 123 Å². The molecular formula is C16H19N3S. The molecule has 0 fully saturated rings. The lowest BCUT2D eigenvalue weighted by Gasteiger charge is -2.19. The first-order chi connectivity index (χ1) is 9.79. The summed E-state index contributed by atoms with van der Waals surface area (Å²) < 4.78 is 2.24. The van der Waals surface area contributed by atoms with Crippen LogP contribution in [0.3, 0.4) is 0 Å². The Morgan fingerprint density at radius 2 is 2.15 bits per heavy atom. The summed E-state index contributed by atoms with van der Waals surface area (Å²) in [5.74, 6) is 0. The number of aromatic nitrogens is 2. The fraction of sp³-hybridized carbons (Fsp3) is 0.312. The first-order valence-corrected chi connectivity index (χ1v) is 7.84. The molecule has 0 saturated carbocycles. The topological polar surface area (TPSA) is 29.9 Å². The fourth-order valence-corrected chi connectivity index (χ4v) is 3.39. The quantitative estimate of drug-likeness (QED) is 0.773. The van der Waals surface area contributed by atoms with Crippen LogP contribution in [0.15, 0.2) is 42.0 Å². The van der Waals surface area contributed by atoms with Gasteiger partial charge >= 0.3 is 0 Å². The van der Waals surface area contributed by atoms with Gasteiger partial charge in [0.15, 0.2) is 0 Å². The van der Waals surface area contributed by atoms with Gasteiger partial charge in [-0.05, 0) is 42.6 Å². The third-order valence-corrected chi connectivity index (χ3v) is 4.49. The van der Waals surface area contributed by atoms with Gasteiger partial charge < -0.3 is 9.88 Å². The second-order valence-corrected chi connectivity index (χ2v) is 6.05. The van der Waals surface area contributed by atoms with Gasteiger partial charge in [0.1, 0.15) is 0 Å². The summed E-state index contributed by atoms with van der Waals surface area (Å²) in [7, 11) is 0. The van der Waals surface area contributed by atoms with Gasteiger partial charge in [-0.2, -0.15) is 0 Å². The van der Waals surface area contributed by atoms with Crippen molar-refractivity contribution < 1.29 is 0 Å². The van der Waals surface area contributed by atoms with Crippen molar-refractivity contribution in [2.45, 2.75) is 26.4 Å². The molecule has 0 saturated heterocycles. The number of hydrogen-bond donors (Lipinski definition) is 1. The minimum absolute atomic E-state index is 0.337. The molecule has 20 heavy (non-hydrogen) atoms. The third kappa shape index (κ3) is 2.49. The van der Waals surface area contributed by atoms with Crippen molar-refractivity contribution in [2.24, 2.45) is 0 Å². The van der Waals surface area contributed by atoms with Crippen LogP contribution in [0.25, 0.3) is 11.0 Å². The maximum atomic E-state index is 4.47. The van der Waals surface area contributed by atoms with Crippen molar-refractivity contribution in [1.82, 2.24) is 14.9 Å². The average molecular weight is 285 g/mol. The highest BCUT2D eigenvalue weighted by Gasteiger charge is 2.15. The summed E-state index contributed by atoms with van der Waals surface area (Å²) in [6, 6.07) is 10.9. The fourth-order valence-electron chi connectivity index (χ4n) is 2.63. The molecule has 3 nitrogen and oxygen atoms in total. The minimum Gasteiger partial charge on any atom is -0.329 e. The van der Waals surface area contributed by atoms with Crippen molar-refractivity contribution in [3.8, 4) is 0 Å². The molecule has 0 bridgehead atoms. The van der Waals surface area contributed by atoms with E-state index in [1.54, 1.807) is 0 Å². The monoisotopic (exact) mass is 285 g/mol. The Hall–Kier alpha value is -1.65. The van der Waals surface area contributed by atoms with E-state index in [0.717, 1.165) is 18.6 Å². The molecule has 0 aliphatic rings. The zero-order chi connectivity index (χ0) is 13.9. The number of aryl methyl sites for hydroxylation is 1. The zero-order valence-corrected chi connectivity index (χ0v) is 12.7. The molecule has 0 amide bonds. The van der Waals surface area contributed by atoms with E-state index in [1.807, 2.05) is 23.7 Å². The number of rotatable bonds is 5. The molecule has 3 rings (SSSR count). The average Bonchev–Trinajstić information content (AvgIpc) is 3.05. The molecule has 2 aromatic heterocycles. The van der Waals surface area contributed by atoms with Crippen molar-refractivity contribution >= 4 is 22.4 Å². The minimum atomic E-state index is 0.337. The lowest BCUT2D eigenvalue weighted by atomic mass is 10.1. The smallest absolute Gasteiger partial charge is 0.0958 e.